The summed E-state index contributed by atoms with van der Waals surface area (Å²) < 4.78 is 8.11. The SMILES string of the molecule is COc1ccc(Cl)cc1-c1cnc(CN2CCc3nc4ccccc4c(C(N)=O)c3C2)n1C1CCN(C)CC1. The molecule has 1 amide bonds. The van der Waals surface area contributed by atoms with Crippen molar-refractivity contribution in [1.82, 2.24) is 24.3 Å². The van der Waals surface area contributed by atoms with Gasteiger partial charge in [0.25, 0.3) is 0 Å². The molecule has 0 unspecified atom stereocenters. The number of nitrogens with two attached hydrogens (primary N) is 1. The van der Waals surface area contributed by atoms with Gasteiger partial charge in [0.1, 0.15) is 11.6 Å². The molecule has 0 radical (unpaired) electrons. The van der Waals surface area contributed by atoms with Crippen LogP contribution in [0.4, 0.5) is 0 Å². The number of benzene rings is 2. The minimum absolute atomic E-state index is 0.321. The number of methoxy groups -OCH3 is 1. The van der Waals surface area contributed by atoms with Crippen molar-refractivity contribution in [2.24, 2.45) is 5.73 Å². The minimum atomic E-state index is -0.408. The minimum Gasteiger partial charge on any atom is -0.496 e. The van der Waals surface area contributed by atoms with E-state index in [2.05, 4.69) is 21.4 Å². The predicted molar refractivity (Wildman–Crippen MR) is 153 cm³/mol. The van der Waals surface area contributed by atoms with Crippen LogP contribution in [0.1, 0.15) is 46.3 Å². The Hall–Kier alpha value is -3.46. The van der Waals surface area contributed by atoms with Crippen LogP contribution in [0.3, 0.4) is 0 Å². The van der Waals surface area contributed by atoms with Gasteiger partial charge in [-0.05, 0) is 57.2 Å². The maximum atomic E-state index is 12.6. The number of imidazole rings is 1. The lowest BCUT2D eigenvalue weighted by Crippen LogP contribution is -2.35. The second kappa shape index (κ2) is 10.6. The average molecular weight is 545 g/mol. The van der Waals surface area contributed by atoms with Gasteiger partial charge in [0.15, 0.2) is 0 Å². The summed E-state index contributed by atoms with van der Waals surface area (Å²) in [4.78, 5) is 27.2. The predicted octanol–water partition coefficient (Wildman–Crippen LogP) is 4.68. The molecule has 39 heavy (non-hydrogen) atoms. The molecule has 8 nitrogen and oxygen atoms in total. The molecule has 2 N–H and O–H groups in total. The number of piperidine rings is 1. The number of halogens is 1. The first-order valence-corrected chi connectivity index (χ1v) is 13.8. The number of para-hydroxylation sites is 1. The number of aromatic nitrogens is 3. The number of carbonyl (C=O) groups excluding carboxylic acids is 1. The highest BCUT2D eigenvalue weighted by Crippen LogP contribution is 2.37. The number of hydrogen-bond donors (Lipinski definition) is 1. The summed E-state index contributed by atoms with van der Waals surface area (Å²) in [6.45, 7) is 4.15. The number of nitrogens with zero attached hydrogens (tertiary/aromatic N) is 5. The van der Waals surface area contributed by atoms with Gasteiger partial charge in [-0.25, -0.2) is 4.98 Å². The lowest BCUT2D eigenvalue weighted by molar-refractivity contribution is 0.0998. The Kier molecular flexibility index (Phi) is 7.01. The summed E-state index contributed by atoms with van der Waals surface area (Å²) in [7, 11) is 3.86. The first-order chi connectivity index (χ1) is 18.9. The second-order valence-corrected chi connectivity index (χ2v) is 11.0. The fraction of sp³-hybridized carbons (Fsp3) is 0.367. The van der Waals surface area contributed by atoms with Crippen molar-refractivity contribution in [3.8, 4) is 17.0 Å². The van der Waals surface area contributed by atoms with E-state index in [1.165, 1.54) is 0 Å². The highest BCUT2D eigenvalue weighted by atomic mass is 35.5. The normalized spacial score (nSPS) is 16.9. The molecule has 2 aliphatic rings. The Morgan fingerprint density at radius 2 is 1.95 bits per heavy atom. The molecule has 1 fully saturated rings. The largest absolute Gasteiger partial charge is 0.496 e. The van der Waals surface area contributed by atoms with Crippen LogP contribution in [-0.2, 0) is 19.5 Å². The third-order valence-corrected chi connectivity index (χ3v) is 8.34. The lowest BCUT2D eigenvalue weighted by atomic mass is 9.95. The Labute approximate surface area is 233 Å². The van der Waals surface area contributed by atoms with Crippen LogP contribution in [-0.4, -0.2) is 64.0 Å². The van der Waals surface area contributed by atoms with Gasteiger partial charge in [-0.2, -0.15) is 0 Å². The van der Waals surface area contributed by atoms with Gasteiger partial charge in [-0.3, -0.25) is 14.7 Å². The summed E-state index contributed by atoms with van der Waals surface area (Å²) >= 11 is 6.43. The Morgan fingerprint density at radius 3 is 2.72 bits per heavy atom. The molecular weight excluding hydrogens is 512 g/mol. The molecule has 2 aromatic carbocycles. The van der Waals surface area contributed by atoms with Crippen LogP contribution in [0.5, 0.6) is 5.75 Å². The van der Waals surface area contributed by atoms with E-state index in [0.717, 1.165) is 83.9 Å². The Balaban J connectivity index is 1.38. The third-order valence-electron chi connectivity index (χ3n) is 8.10. The van der Waals surface area contributed by atoms with E-state index in [1.807, 2.05) is 48.7 Å². The van der Waals surface area contributed by atoms with E-state index in [9.17, 15) is 4.79 Å². The molecule has 0 bridgehead atoms. The van der Waals surface area contributed by atoms with E-state index in [0.29, 0.717) is 29.7 Å². The average Bonchev–Trinajstić information content (AvgIpc) is 3.35. The zero-order valence-electron chi connectivity index (χ0n) is 22.4. The highest BCUT2D eigenvalue weighted by molar-refractivity contribution is 6.31. The molecule has 0 aliphatic carbocycles. The molecule has 6 rings (SSSR count). The van der Waals surface area contributed by atoms with Gasteiger partial charge in [0.2, 0.25) is 5.91 Å². The molecule has 9 heteroatoms. The number of likely N-dealkylation sites (tertiary alicyclic amines) is 1. The fourth-order valence-electron chi connectivity index (χ4n) is 6.12. The third kappa shape index (κ3) is 4.88. The van der Waals surface area contributed by atoms with Gasteiger partial charge < -0.3 is 19.9 Å². The topological polar surface area (TPSA) is 89.5 Å². The van der Waals surface area contributed by atoms with Gasteiger partial charge in [-0.1, -0.05) is 29.8 Å². The number of fused-ring (bicyclic) bond motifs is 2. The number of hydrogen-bond acceptors (Lipinski definition) is 6. The first kappa shape index (κ1) is 25.8. The molecule has 2 aromatic heterocycles. The molecule has 1 saturated heterocycles. The molecule has 0 saturated carbocycles. The summed E-state index contributed by atoms with van der Waals surface area (Å²) in [5, 5.41) is 1.48. The highest BCUT2D eigenvalue weighted by Gasteiger charge is 2.29. The van der Waals surface area contributed by atoms with Crippen molar-refractivity contribution < 1.29 is 9.53 Å². The van der Waals surface area contributed by atoms with E-state index >= 15 is 0 Å². The molecule has 2 aliphatic heterocycles. The Morgan fingerprint density at radius 1 is 1.15 bits per heavy atom. The standard InChI is InChI=1S/C30H33ClN6O2/c1-35-12-9-20(10-13-35)37-26(22-15-19(31)7-8-27(22)39-2)16-33-28(37)18-36-14-11-25-23(17-36)29(30(32)38)21-5-3-4-6-24(21)34-25/h3-8,15-16,20H,9-14,17-18H2,1-2H3,(H2,32,38). The zero-order chi connectivity index (χ0) is 27.1. The van der Waals surface area contributed by atoms with Gasteiger partial charge in [-0.15, -0.1) is 0 Å². The number of ether oxygens (including phenoxy) is 1. The summed E-state index contributed by atoms with van der Waals surface area (Å²) in [5.41, 5.74) is 11.2. The summed E-state index contributed by atoms with van der Waals surface area (Å²) in [5.74, 6) is 1.37. The van der Waals surface area contributed by atoms with Gasteiger partial charge >= 0.3 is 0 Å². The van der Waals surface area contributed by atoms with Crippen LogP contribution < -0.4 is 10.5 Å². The van der Waals surface area contributed by atoms with E-state index < -0.39 is 5.91 Å². The smallest absolute Gasteiger partial charge is 0.249 e. The number of carbonyl (C=O) groups is 1. The maximum Gasteiger partial charge on any atom is 0.249 e. The maximum absolute atomic E-state index is 12.6. The van der Waals surface area contributed by atoms with E-state index in [-0.39, 0.29) is 0 Å². The van der Waals surface area contributed by atoms with Crippen molar-refractivity contribution in [2.45, 2.75) is 38.4 Å². The van der Waals surface area contributed by atoms with Crippen molar-refractivity contribution in [1.29, 1.82) is 0 Å². The number of primary amides is 1. The van der Waals surface area contributed by atoms with Crippen LogP contribution >= 0.6 is 11.6 Å². The summed E-state index contributed by atoms with van der Waals surface area (Å²) in [6.07, 6.45) is 4.79. The van der Waals surface area contributed by atoms with Crippen LogP contribution in [0.2, 0.25) is 5.02 Å². The zero-order valence-corrected chi connectivity index (χ0v) is 23.1. The van der Waals surface area contributed by atoms with Gasteiger partial charge in [0.05, 0.1) is 36.6 Å². The van der Waals surface area contributed by atoms with Crippen molar-refractivity contribution in [2.75, 3.05) is 33.8 Å². The quantitative estimate of drug-likeness (QED) is 0.379. The molecule has 4 heterocycles. The second-order valence-electron chi connectivity index (χ2n) is 10.6. The monoisotopic (exact) mass is 544 g/mol. The number of pyridine rings is 1. The fourth-order valence-corrected chi connectivity index (χ4v) is 6.29. The lowest BCUT2D eigenvalue weighted by Gasteiger charge is -2.34. The summed E-state index contributed by atoms with van der Waals surface area (Å²) in [6, 6.07) is 13.8. The molecule has 4 aromatic rings. The van der Waals surface area contributed by atoms with Crippen LogP contribution in [0.25, 0.3) is 22.2 Å². The molecule has 202 valence electrons. The van der Waals surface area contributed by atoms with Crippen LogP contribution in [0.15, 0.2) is 48.7 Å². The molecular formula is C30H33ClN6O2. The van der Waals surface area contributed by atoms with Crippen molar-refractivity contribution >= 4 is 28.4 Å². The number of amides is 1. The molecule has 0 spiro atoms. The Bertz CT molecular complexity index is 1540. The van der Waals surface area contributed by atoms with E-state index in [1.54, 1.807) is 7.11 Å². The van der Waals surface area contributed by atoms with Crippen molar-refractivity contribution in [3.05, 3.63) is 76.3 Å². The van der Waals surface area contributed by atoms with Gasteiger partial charge in [0, 0.05) is 52.8 Å². The number of rotatable bonds is 6. The van der Waals surface area contributed by atoms with Crippen LogP contribution in [0, 0.1) is 0 Å². The first-order valence-electron chi connectivity index (χ1n) is 13.4. The van der Waals surface area contributed by atoms with E-state index in [4.69, 9.17) is 32.0 Å². The van der Waals surface area contributed by atoms with Crippen molar-refractivity contribution in [3.63, 3.8) is 0 Å². The molecule has 0 atom stereocenters.